The number of rotatable bonds is 21. The number of unbranched alkanes of at least 4 members (excludes halogenated alkanes) is 15. The average Bonchev–Trinajstić information content (AvgIpc) is 2.59. The van der Waals surface area contributed by atoms with E-state index in [0.29, 0.717) is 6.61 Å². The molecule has 2 atom stereocenters. The second kappa shape index (κ2) is 19.4. The smallest absolute Gasteiger partial charge is 0.367 e. The highest BCUT2D eigenvalue weighted by molar-refractivity contribution is 7.52. The van der Waals surface area contributed by atoms with Crippen molar-refractivity contribution in [2.45, 2.75) is 116 Å². The number of ether oxygens (including phenoxy) is 1. The average molecular weight is 411 g/mol. The van der Waals surface area contributed by atoms with Crippen molar-refractivity contribution < 1.29 is 23.5 Å². The number of aliphatic hydroxyl groups is 1. The molecule has 2 unspecified atom stereocenters. The number of aliphatic hydroxyl groups excluding tert-OH is 1. The molecular weight excluding hydrogens is 366 g/mol. The Morgan fingerprint density at radius 3 is 1.52 bits per heavy atom. The molecule has 0 fully saturated rings. The van der Waals surface area contributed by atoms with Crippen LogP contribution >= 0.6 is 7.68 Å². The molecule has 0 aromatic rings. The minimum absolute atomic E-state index is 0.0762. The molecule has 0 rings (SSSR count). The Morgan fingerprint density at radius 2 is 1.15 bits per heavy atom. The minimum atomic E-state index is -4.65. The Hall–Kier alpha value is 0.0400. The molecule has 0 aliphatic rings. The Labute approximate surface area is 166 Å². The van der Waals surface area contributed by atoms with Gasteiger partial charge in [-0.15, -0.1) is 0 Å². The molecule has 0 aromatic heterocycles. The van der Waals surface area contributed by atoms with Gasteiger partial charge in [0.2, 0.25) is 0 Å². The van der Waals surface area contributed by atoms with E-state index in [9.17, 15) is 13.9 Å². The van der Waals surface area contributed by atoms with Crippen LogP contribution in [-0.4, -0.2) is 35.5 Å². The van der Waals surface area contributed by atoms with E-state index in [1.54, 1.807) is 0 Å². The van der Waals surface area contributed by atoms with Crippen LogP contribution < -0.4 is 0 Å². The van der Waals surface area contributed by atoms with Gasteiger partial charge in [-0.05, 0) is 6.42 Å². The summed E-state index contributed by atoms with van der Waals surface area (Å²) in [4.78, 5) is 8.51. The highest BCUT2D eigenvalue weighted by atomic mass is 31.2. The molecule has 0 radical (unpaired) electrons. The predicted octanol–water partition coefficient (Wildman–Crippen LogP) is 6.78. The zero-order valence-electron chi connectivity index (χ0n) is 17.5. The molecule has 0 amide bonds. The van der Waals surface area contributed by atoms with Gasteiger partial charge in [0, 0.05) is 6.61 Å². The maximum absolute atomic E-state index is 12.5. The molecular formula is C21H44FO4P. The summed E-state index contributed by atoms with van der Waals surface area (Å²) in [6, 6.07) is 0. The van der Waals surface area contributed by atoms with Crippen LogP contribution in [0.4, 0.5) is 4.20 Å². The maximum Gasteiger partial charge on any atom is 0.367 e. The van der Waals surface area contributed by atoms with Crippen LogP contribution in [0.3, 0.4) is 0 Å². The highest BCUT2D eigenvalue weighted by Crippen LogP contribution is 2.42. The Bertz CT molecular complexity index is 349. The quantitative estimate of drug-likeness (QED) is 0.162. The zero-order chi connectivity index (χ0) is 20.2. The lowest BCUT2D eigenvalue weighted by Crippen LogP contribution is -2.19. The lowest BCUT2D eigenvalue weighted by atomic mass is 10.0. The van der Waals surface area contributed by atoms with E-state index in [4.69, 9.17) is 9.63 Å². The summed E-state index contributed by atoms with van der Waals surface area (Å²) in [7, 11) is -4.65. The second-order valence-corrected chi connectivity index (χ2v) is 9.43. The van der Waals surface area contributed by atoms with Crippen LogP contribution in [0, 0.1) is 0 Å². The standard InChI is InChI=1S/C21H44FO4P/c1-2-3-4-5-6-7-8-9-10-11-12-13-14-15-16-17-18-26-19-21(23)20-27(22,24)25/h21,23H,2-20H2,1H3,(H,24,25). The van der Waals surface area contributed by atoms with E-state index in [2.05, 4.69) is 6.92 Å². The van der Waals surface area contributed by atoms with Crippen LogP contribution in [0.1, 0.15) is 110 Å². The van der Waals surface area contributed by atoms with Crippen molar-refractivity contribution in [3.8, 4) is 0 Å². The second-order valence-electron chi connectivity index (χ2n) is 7.83. The molecule has 4 nitrogen and oxygen atoms in total. The van der Waals surface area contributed by atoms with E-state index in [1.807, 2.05) is 0 Å². The van der Waals surface area contributed by atoms with Crippen LogP contribution in [0.25, 0.3) is 0 Å². The van der Waals surface area contributed by atoms with Crippen molar-refractivity contribution in [3.63, 3.8) is 0 Å². The third-order valence-corrected chi connectivity index (χ3v) is 5.76. The fourth-order valence-corrected chi connectivity index (χ4v) is 3.91. The summed E-state index contributed by atoms with van der Waals surface area (Å²) in [5.74, 6) is 0. The molecule has 0 heterocycles. The molecule has 6 heteroatoms. The van der Waals surface area contributed by atoms with Gasteiger partial charge in [-0.1, -0.05) is 103 Å². The third kappa shape index (κ3) is 24.0. The summed E-state index contributed by atoms with van der Waals surface area (Å²) >= 11 is 0. The maximum atomic E-state index is 12.5. The first kappa shape index (κ1) is 27.0. The molecule has 27 heavy (non-hydrogen) atoms. The summed E-state index contributed by atoms with van der Waals surface area (Å²) in [5.41, 5.74) is 0. The van der Waals surface area contributed by atoms with Crippen molar-refractivity contribution >= 4 is 7.68 Å². The first-order chi connectivity index (χ1) is 13.0. The van der Waals surface area contributed by atoms with Crippen LogP contribution in [0.15, 0.2) is 0 Å². The van der Waals surface area contributed by atoms with Crippen LogP contribution in [-0.2, 0) is 9.30 Å². The van der Waals surface area contributed by atoms with Crippen molar-refractivity contribution in [2.24, 2.45) is 0 Å². The molecule has 0 bridgehead atoms. The number of hydrogen-bond donors (Lipinski definition) is 2. The number of halogens is 1. The SMILES string of the molecule is CCCCCCCCCCCCCCCCCCOCC(O)CP(=O)(O)F. The first-order valence-electron chi connectivity index (χ1n) is 11.2. The van der Waals surface area contributed by atoms with Crippen molar-refractivity contribution in [1.82, 2.24) is 0 Å². The van der Waals surface area contributed by atoms with Crippen LogP contribution in [0.5, 0.6) is 0 Å². The van der Waals surface area contributed by atoms with Gasteiger partial charge in [-0.25, -0.2) is 0 Å². The molecule has 2 N–H and O–H groups in total. The lowest BCUT2D eigenvalue weighted by Gasteiger charge is -2.11. The molecule has 0 spiro atoms. The van der Waals surface area contributed by atoms with E-state index >= 15 is 0 Å². The Morgan fingerprint density at radius 1 is 0.778 bits per heavy atom. The topological polar surface area (TPSA) is 66.8 Å². The van der Waals surface area contributed by atoms with Gasteiger partial charge in [0.1, 0.15) is 0 Å². The van der Waals surface area contributed by atoms with E-state index in [-0.39, 0.29) is 6.61 Å². The fraction of sp³-hybridized carbons (Fsp3) is 1.00. The molecule has 164 valence electrons. The predicted molar refractivity (Wildman–Crippen MR) is 112 cm³/mol. The van der Waals surface area contributed by atoms with Crippen molar-refractivity contribution in [2.75, 3.05) is 19.4 Å². The van der Waals surface area contributed by atoms with Gasteiger partial charge in [0.05, 0.1) is 18.9 Å². The minimum Gasteiger partial charge on any atom is -0.390 e. The summed E-state index contributed by atoms with van der Waals surface area (Å²) in [6.45, 7) is 2.70. The van der Waals surface area contributed by atoms with Gasteiger partial charge in [-0.2, -0.15) is 4.20 Å². The van der Waals surface area contributed by atoms with Gasteiger partial charge in [-0.3, -0.25) is 4.57 Å². The van der Waals surface area contributed by atoms with Gasteiger partial charge in [0.15, 0.2) is 0 Å². The van der Waals surface area contributed by atoms with Gasteiger partial charge in [0.25, 0.3) is 0 Å². The fourth-order valence-electron chi connectivity index (χ4n) is 3.28. The van der Waals surface area contributed by atoms with Crippen LogP contribution in [0.2, 0.25) is 0 Å². The van der Waals surface area contributed by atoms with Gasteiger partial charge >= 0.3 is 7.68 Å². The Balaban J connectivity index is 3.12. The van der Waals surface area contributed by atoms with Crippen molar-refractivity contribution in [1.29, 1.82) is 0 Å². The molecule has 0 saturated heterocycles. The van der Waals surface area contributed by atoms with E-state index in [1.165, 1.54) is 89.9 Å². The zero-order valence-corrected chi connectivity index (χ0v) is 18.4. The molecule has 0 aliphatic carbocycles. The summed E-state index contributed by atoms with van der Waals surface area (Å²) in [5, 5.41) is 9.32. The van der Waals surface area contributed by atoms with Crippen molar-refractivity contribution in [3.05, 3.63) is 0 Å². The highest BCUT2D eigenvalue weighted by Gasteiger charge is 2.21. The third-order valence-electron chi connectivity index (χ3n) is 4.89. The first-order valence-corrected chi connectivity index (χ1v) is 13.0. The molecule has 0 aliphatic heterocycles. The van der Waals surface area contributed by atoms with E-state index < -0.39 is 19.9 Å². The number of hydrogen-bond acceptors (Lipinski definition) is 3. The lowest BCUT2D eigenvalue weighted by molar-refractivity contribution is 0.0444. The van der Waals surface area contributed by atoms with E-state index in [0.717, 1.165) is 12.8 Å². The summed E-state index contributed by atoms with van der Waals surface area (Å²) in [6.07, 6.45) is 19.1. The molecule has 0 aromatic carbocycles. The van der Waals surface area contributed by atoms with Gasteiger partial charge < -0.3 is 14.7 Å². The monoisotopic (exact) mass is 410 g/mol. The normalized spacial score (nSPS) is 15.0. The summed E-state index contributed by atoms with van der Waals surface area (Å²) < 4.78 is 28.2. The molecule has 0 saturated carbocycles. The Kier molecular flexibility index (Phi) is 19.4. The largest absolute Gasteiger partial charge is 0.390 e.